The zero-order valence-electron chi connectivity index (χ0n) is 50.5. The molecule has 2 aromatic carbocycles. The third-order valence-corrected chi connectivity index (χ3v) is 13.9. The summed E-state index contributed by atoms with van der Waals surface area (Å²) in [5.41, 5.74) is 1.58. The predicted molar refractivity (Wildman–Crippen MR) is 303 cm³/mol. The van der Waals surface area contributed by atoms with Crippen molar-refractivity contribution in [1.82, 2.24) is 9.80 Å². The zero-order valence-corrected chi connectivity index (χ0v) is 50.5. The van der Waals surface area contributed by atoms with E-state index in [1.807, 2.05) is 12.1 Å². The largest absolute Gasteiger partial charge is 0.462 e. The van der Waals surface area contributed by atoms with E-state index in [9.17, 15) is 69.0 Å². The number of esters is 2. The first-order chi connectivity index (χ1) is 41.6. The Bertz CT molecular complexity index is 2760. The Labute approximate surface area is 509 Å². The van der Waals surface area contributed by atoms with E-state index in [0.29, 0.717) is 67.7 Å². The Morgan fingerprint density at radius 2 is 0.852 bits per heavy atom. The highest BCUT2D eigenvalue weighted by Crippen LogP contribution is 2.31. The molecule has 484 valence electrons. The summed E-state index contributed by atoms with van der Waals surface area (Å²) in [7, 11) is 0. The average molecular weight is 1240 g/mol. The molecule has 26 heteroatoms. The van der Waals surface area contributed by atoms with Crippen LogP contribution in [0.3, 0.4) is 0 Å². The number of carbonyl (C=O) groups is 8. The smallest absolute Gasteiger partial charge is 0.373 e. The van der Waals surface area contributed by atoms with Crippen LogP contribution in [0.15, 0.2) is 60.7 Å². The van der Waals surface area contributed by atoms with Gasteiger partial charge in [-0.1, -0.05) is 43.5 Å². The Hall–Kier alpha value is -7.48. The predicted octanol–water partition coefficient (Wildman–Crippen LogP) is 2.77. The number of ether oxygens (including phenoxy) is 6. The molecular weight excluding hydrogens is 1160 g/mol. The van der Waals surface area contributed by atoms with Crippen molar-refractivity contribution in [3.63, 3.8) is 0 Å². The average Bonchev–Trinajstić information content (AvgIpc) is 3.90. The Morgan fingerprint density at radius 1 is 0.500 bits per heavy atom. The molecule has 4 aliphatic heterocycles. The fourth-order valence-corrected chi connectivity index (χ4v) is 8.75. The quantitative estimate of drug-likeness (QED) is 0.0405. The van der Waals surface area contributed by atoms with Gasteiger partial charge in [-0.2, -0.15) is 19.2 Å². The molecule has 6 N–H and O–H groups in total. The third-order valence-electron chi connectivity index (χ3n) is 13.9. The zero-order chi connectivity index (χ0) is 65.7. The second-order valence-electron chi connectivity index (χ2n) is 23.2. The molecule has 0 bridgehead atoms. The van der Waals surface area contributed by atoms with Crippen LogP contribution >= 0.6 is 0 Å². The van der Waals surface area contributed by atoms with Crippen molar-refractivity contribution in [2.24, 2.45) is 10.8 Å². The molecule has 0 spiro atoms. The number of hydrogen-bond donors (Lipinski definition) is 6. The molecular formula is C62H82N2O24. The number of nitrogens with zero attached hydrogens (tertiary/aromatic N) is 2. The van der Waals surface area contributed by atoms with Crippen LogP contribution in [0.5, 0.6) is 11.5 Å². The van der Waals surface area contributed by atoms with Gasteiger partial charge < -0.3 is 59.1 Å². The number of aryl methyl sites for hydroxylation is 2. The molecule has 0 aromatic heterocycles. The summed E-state index contributed by atoms with van der Waals surface area (Å²) < 4.78 is 33.5. The number of imide groups is 2. The van der Waals surface area contributed by atoms with Crippen LogP contribution in [0, 0.1) is 10.8 Å². The molecule has 0 aliphatic carbocycles. The van der Waals surface area contributed by atoms with Gasteiger partial charge in [0.25, 0.3) is 23.6 Å². The van der Waals surface area contributed by atoms with Crippen LogP contribution < -0.4 is 9.47 Å². The molecule has 4 heterocycles. The van der Waals surface area contributed by atoms with E-state index in [-0.39, 0.29) is 81.0 Å². The lowest BCUT2D eigenvalue weighted by molar-refractivity contribution is -0.242. The number of amides is 4. The molecule has 4 aliphatic rings. The SMILES string of the molecule is CC(C)(C)C(=O)OCc1ccc(CCCCCC(=O)CCCCCN2C(=O)C=CC2=O)cc1O[C@@H]1OC[C@@H](O)[C@H](O)[C@H]1O.CC(C)(C)C(=O)OCc1ccc(CCCCCC(=O)CN2C(=O)C=CC2=O)cc1O[C@@H]1OC[C@@H](O)[C@H](O)[C@H]1O.O=C=O.O=C=O. The van der Waals surface area contributed by atoms with Gasteiger partial charge in [0, 0.05) is 61.2 Å². The van der Waals surface area contributed by atoms with Crippen molar-refractivity contribution >= 4 is 59.4 Å². The van der Waals surface area contributed by atoms with Crippen molar-refractivity contribution in [1.29, 1.82) is 0 Å². The van der Waals surface area contributed by atoms with Gasteiger partial charge in [-0.3, -0.25) is 48.2 Å². The first-order valence-electron chi connectivity index (χ1n) is 28.9. The van der Waals surface area contributed by atoms with E-state index >= 15 is 0 Å². The first-order valence-corrected chi connectivity index (χ1v) is 28.9. The fourth-order valence-electron chi connectivity index (χ4n) is 8.75. The summed E-state index contributed by atoms with van der Waals surface area (Å²) in [6.07, 6.45) is 4.02. The number of unbranched alkanes of at least 4 members (excludes halogenated alkanes) is 6. The summed E-state index contributed by atoms with van der Waals surface area (Å²) in [6.45, 7) is 10.1. The highest BCUT2D eigenvalue weighted by Gasteiger charge is 2.41. The van der Waals surface area contributed by atoms with Gasteiger partial charge in [0.2, 0.25) is 12.6 Å². The second kappa shape index (κ2) is 37.4. The van der Waals surface area contributed by atoms with Crippen molar-refractivity contribution in [2.75, 3.05) is 26.3 Å². The maximum Gasteiger partial charge on any atom is 0.373 e. The molecule has 0 saturated carbocycles. The summed E-state index contributed by atoms with van der Waals surface area (Å²) in [6, 6.07) is 10.9. The number of Topliss-reactive ketones (excluding diaryl/α,β-unsaturated/α-hetero) is 2. The van der Waals surface area contributed by atoms with Gasteiger partial charge in [-0.05, 0) is 116 Å². The maximum absolute atomic E-state index is 12.3. The molecule has 2 fully saturated rings. The number of rotatable bonds is 28. The lowest BCUT2D eigenvalue weighted by Crippen LogP contribution is -2.54. The number of carbonyl (C=O) groups excluding carboxylic acids is 12. The molecule has 2 aromatic rings. The van der Waals surface area contributed by atoms with Crippen LogP contribution in [0.1, 0.15) is 141 Å². The van der Waals surface area contributed by atoms with Gasteiger partial charge in [0.15, 0.2) is 5.78 Å². The number of benzene rings is 2. The van der Waals surface area contributed by atoms with Crippen molar-refractivity contribution < 1.29 is 117 Å². The van der Waals surface area contributed by atoms with Crippen molar-refractivity contribution in [3.8, 4) is 11.5 Å². The highest BCUT2D eigenvalue weighted by atomic mass is 16.7. The lowest BCUT2D eigenvalue weighted by Gasteiger charge is -2.35. The summed E-state index contributed by atoms with van der Waals surface area (Å²) in [4.78, 5) is 130. The molecule has 0 radical (unpaired) electrons. The number of aliphatic hydroxyl groups excluding tert-OH is 6. The van der Waals surface area contributed by atoms with E-state index in [4.69, 9.17) is 47.6 Å². The van der Waals surface area contributed by atoms with E-state index in [1.165, 1.54) is 17.1 Å². The highest BCUT2D eigenvalue weighted by molar-refractivity contribution is 6.14. The minimum absolute atomic E-state index is 0.0481. The van der Waals surface area contributed by atoms with Gasteiger partial charge in [0.05, 0.1) is 30.6 Å². The van der Waals surface area contributed by atoms with E-state index in [2.05, 4.69) is 0 Å². The monoisotopic (exact) mass is 1240 g/mol. The summed E-state index contributed by atoms with van der Waals surface area (Å²) >= 11 is 0. The van der Waals surface area contributed by atoms with Gasteiger partial charge in [0.1, 0.15) is 67.1 Å². The van der Waals surface area contributed by atoms with Crippen molar-refractivity contribution in [3.05, 3.63) is 83.0 Å². The standard InChI is InChI=1S/C32H45NO10.C28H37NO10.2CO2/c1-32(2,3)31(40)42-19-22-14-13-21(18-25(22)43-30-29(39)28(38)24(35)20-41-30)10-6-4-7-11-23(34)12-8-5-9-17-33-26(36)15-16-27(33)37;1-28(2,3)27(36)38-15-18-10-9-17(13-21(18)39-26-25(35)24(34)20(31)16-37-26)7-5-4-6-8-19(30)14-29-22(32)11-12-23(29)33;2*2-1-3/h13-16,18,24,28-30,35,38-39H,4-12,17,19-20H2,1-3H3;9-13,20,24-26,31,34-35H,4-8,14-16H2,1-3H3;;/t24-,28+,29-,30+;20-,24+,25-,26+;;/m11../s1. The third kappa shape index (κ3) is 25.3. The van der Waals surface area contributed by atoms with Gasteiger partial charge >= 0.3 is 24.2 Å². The van der Waals surface area contributed by atoms with E-state index < -0.39 is 77.8 Å². The minimum Gasteiger partial charge on any atom is -0.462 e. The van der Waals surface area contributed by atoms with Crippen LogP contribution in [0.4, 0.5) is 0 Å². The molecule has 4 amide bonds. The first kappa shape index (κ1) is 74.8. The van der Waals surface area contributed by atoms with Crippen LogP contribution in [0.2, 0.25) is 0 Å². The lowest BCUT2D eigenvalue weighted by atomic mass is 9.97. The number of hydrogen-bond acceptors (Lipinski definition) is 24. The number of ketones is 2. The maximum atomic E-state index is 12.3. The van der Waals surface area contributed by atoms with Gasteiger partial charge in [-0.15, -0.1) is 0 Å². The molecule has 8 atom stereocenters. The van der Waals surface area contributed by atoms with Crippen LogP contribution in [-0.2, 0) is 103 Å². The molecule has 6 rings (SSSR count). The number of aliphatic hydroxyl groups is 6. The molecule has 88 heavy (non-hydrogen) atoms. The fraction of sp³-hybridized carbons (Fsp3) is 0.581. The summed E-state index contributed by atoms with van der Waals surface area (Å²) in [5, 5.41) is 60.2. The van der Waals surface area contributed by atoms with Crippen molar-refractivity contribution in [2.45, 2.75) is 194 Å². The molecule has 26 nitrogen and oxygen atoms in total. The topological polar surface area (TPSA) is 388 Å². The Morgan fingerprint density at radius 3 is 1.23 bits per heavy atom. The Balaban J connectivity index is 0.000000424. The van der Waals surface area contributed by atoms with Gasteiger partial charge in [-0.25, -0.2) is 0 Å². The van der Waals surface area contributed by atoms with E-state index in [1.54, 1.807) is 65.8 Å². The molecule has 0 unspecified atom stereocenters. The van der Waals surface area contributed by atoms with E-state index in [0.717, 1.165) is 73.1 Å². The minimum atomic E-state index is -1.48. The normalized spacial score (nSPS) is 21.4. The Kier molecular flexibility index (Phi) is 31.8. The van der Waals surface area contributed by atoms with Crippen LogP contribution in [0.25, 0.3) is 0 Å². The summed E-state index contributed by atoms with van der Waals surface area (Å²) in [5.74, 6) is -1.59. The second-order valence-corrected chi connectivity index (χ2v) is 23.2. The van der Waals surface area contributed by atoms with Crippen LogP contribution in [-0.4, -0.2) is 175 Å². The molecule has 2 saturated heterocycles.